The molecule has 330 valence electrons. The highest BCUT2D eigenvalue weighted by Gasteiger charge is 2.41. The van der Waals surface area contributed by atoms with Crippen LogP contribution in [0.1, 0.15) is 79.6 Å². The lowest BCUT2D eigenvalue weighted by Gasteiger charge is -2.34. The molecule has 0 radical (unpaired) electrons. The molecule has 14 heteroatoms. The van der Waals surface area contributed by atoms with E-state index < -0.39 is 12.1 Å². The van der Waals surface area contributed by atoms with Crippen molar-refractivity contribution in [2.75, 3.05) is 47.5 Å². The van der Waals surface area contributed by atoms with E-state index in [1.165, 1.54) is 7.11 Å². The highest BCUT2D eigenvalue weighted by atomic mass is 16.5. The Morgan fingerprint density at radius 1 is 0.797 bits per heavy atom. The molecule has 0 saturated carbocycles. The molecular weight excluding hydrogens is 809 g/mol. The molecule has 10 rings (SSSR count). The number of nitrogens with one attached hydrogen (secondary N) is 3. The summed E-state index contributed by atoms with van der Waals surface area (Å²) in [7, 11) is 5.23. The Balaban J connectivity index is 0.844. The Bertz CT molecular complexity index is 2690. The SMILES string of the molecule is COC(=O)N[C@H](C(=O)N1CCC[C@H]1c1nc2c([nH]1)COc1cc(-c3ccc4cc(-c5cnc([C@@H]6CCCN6C(=O)[C@@H](c6ccccc6)N(C)C)[nH]5)ccc4c3)ccc1-2)C1CCOCC1. The quantitative estimate of drug-likeness (QED) is 0.124. The second kappa shape index (κ2) is 17.6. The van der Waals surface area contributed by atoms with E-state index in [2.05, 4.69) is 69.9 Å². The van der Waals surface area contributed by atoms with E-state index in [4.69, 9.17) is 24.2 Å². The molecule has 0 unspecified atom stereocenters. The normalized spacial score (nSPS) is 19.6. The van der Waals surface area contributed by atoms with Gasteiger partial charge < -0.3 is 39.3 Å². The molecule has 0 aliphatic carbocycles. The van der Waals surface area contributed by atoms with Crippen LogP contribution in [0.15, 0.2) is 91.1 Å². The number of rotatable bonds is 10. The Morgan fingerprint density at radius 2 is 1.47 bits per heavy atom. The highest BCUT2D eigenvalue weighted by molar-refractivity contribution is 5.91. The maximum absolute atomic E-state index is 14.1. The molecule has 0 spiro atoms. The van der Waals surface area contributed by atoms with Gasteiger partial charge in [-0.05, 0) is 110 Å². The van der Waals surface area contributed by atoms with Crippen molar-refractivity contribution >= 4 is 28.7 Å². The minimum Gasteiger partial charge on any atom is -0.487 e. The number of carbonyl (C=O) groups is 3. The molecule has 3 fully saturated rings. The summed E-state index contributed by atoms with van der Waals surface area (Å²) in [5.74, 6) is 2.25. The highest BCUT2D eigenvalue weighted by Crippen LogP contribution is 2.42. The van der Waals surface area contributed by atoms with Crippen LogP contribution in [0.3, 0.4) is 0 Å². The van der Waals surface area contributed by atoms with Crippen LogP contribution in [0.25, 0.3) is 44.4 Å². The molecule has 3 amide bonds. The first kappa shape index (κ1) is 41.5. The van der Waals surface area contributed by atoms with Crippen LogP contribution in [0.4, 0.5) is 4.79 Å². The Morgan fingerprint density at radius 3 is 2.20 bits per heavy atom. The summed E-state index contributed by atoms with van der Waals surface area (Å²) in [5.41, 5.74) is 7.66. The number of hydrogen-bond donors (Lipinski definition) is 3. The van der Waals surface area contributed by atoms with Crippen LogP contribution in [-0.2, 0) is 25.7 Å². The molecule has 4 aromatic carbocycles. The van der Waals surface area contributed by atoms with Gasteiger partial charge in [-0.1, -0.05) is 60.7 Å². The fraction of sp³-hybridized carbons (Fsp3) is 0.380. The molecule has 4 aliphatic rings. The zero-order valence-corrected chi connectivity index (χ0v) is 36.5. The third-order valence-corrected chi connectivity index (χ3v) is 13.5. The number of alkyl carbamates (subject to hydrolysis) is 1. The largest absolute Gasteiger partial charge is 0.487 e. The average molecular weight is 863 g/mol. The van der Waals surface area contributed by atoms with E-state index in [9.17, 15) is 14.4 Å². The van der Waals surface area contributed by atoms with Crippen molar-refractivity contribution in [1.29, 1.82) is 0 Å². The number of likely N-dealkylation sites (N-methyl/N-ethyl adjacent to an activating group) is 1. The van der Waals surface area contributed by atoms with Crippen LogP contribution >= 0.6 is 0 Å². The number of amides is 3. The number of hydrogen-bond acceptors (Lipinski definition) is 9. The first-order valence-electron chi connectivity index (χ1n) is 22.4. The number of likely N-dealkylation sites (tertiary alicyclic amines) is 2. The minimum atomic E-state index is -0.694. The number of fused-ring (bicyclic) bond motifs is 4. The Kier molecular flexibility index (Phi) is 11.4. The summed E-state index contributed by atoms with van der Waals surface area (Å²) in [6.07, 6.45) is 6.06. The molecule has 0 bridgehead atoms. The first-order chi connectivity index (χ1) is 31.2. The maximum atomic E-state index is 14.1. The average Bonchev–Trinajstić information content (AvgIpc) is 4.17. The van der Waals surface area contributed by atoms with Gasteiger partial charge in [0.2, 0.25) is 11.8 Å². The van der Waals surface area contributed by atoms with Gasteiger partial charge in [-0.3, -0.25) is 14.5 Å². The van der Waals surface area contributed by atoms with E-state index >= 15 is 0 Å². The Labute approximate surface area is 372 Å². The number of nitrogens with zero attached hydrogens (tertiary/aromatic N) is 5. The van der Waals surface area contributed by atoms with E-state index in [0.717, 1.165) is 98.8 Å². The number of carbonyl (C=O) groups excluding carboxylic acids is 3. The summed E-state index contributed by atoms with van der Waals surface area (Å²) in [4.78, 5) is 63.3. The zero-order valence-electron chi connectivity index (χ0n) is 36.5. The topological polar surface area (TPSA) is 158 Å². The molecule has 4 atom stereocenters. The van der Waals surface area contributed by atoms with E-state index in [-0.39, 0.29) is 35.9 Å². The van der Waals surface area contributed by atoms with Gasteiger partial charge in [0.25, 0.3) is 0 Å². The maximum Gasteiger partial charge on any atom is 0.407 e. The predicted molar refractivity (Wildman–Crippen MR) is 242 cm³/mol. The van der Waals surface area contributed by atoms with Crippen LogP contribution in [0.5, 0.6) is 5.75 Å². The van der Waals surface area contributed by atoms with Gasteiger partial charge in [-0.2, -0.15) is 0 Å². The number of aromatic nitrogens is 4. The lowest BCUT2D eigenvalue weighted by molar-refractivity contribution is -0.138. The predicted octanol–water partition coefficient (Wildman–Crippen LogP) is 7.96. The van der Waals surface area contributed by atoms with Crippen molar-refractivity contribution in [3.63, 3.8) is 0 Å². The number of methoxy groups -OCH3 is 1. The molecule has 14 nitrogen and oxygen atoms in total. The summed E-state index contributed by atoms with van der Waals surface area (Å²) < 4.78 is 16.8. The summed E-state index contributed by atoms with van der Waals surface area (Å²) in [6, 6.07) is 27.7. The molecule has 3 N–H and O–H groups in total. The second-order valence-corrected chi connectivity index (χ2v) is 17.6. The van der Waals surface area contributed by atoms with Crippen LogP contribution < -0.4 is 10.1 Å². The van der Waals surface area contributed by atoms with Crippen LogP contribution in [0, 0.1) is 5.92 Å². The van der Waals surface area contributed by atoms with Gasteiger partial charge in [-0.25, -0.2) is 14.8 Å². The number of aromatic amines is 2. The minimum absolute atomic E-state index is 0.0345. The van der Waals surface area contributed by atoms with E-state index in [0.29, 0.717) is 45.8 Å². The second-order valence-electron chi connectivity index (χ2n) is 17.6. The smallest absolute Gasteiger partial charge is 0.407 e. The zero-order chi connectivity index (χ0) is 43.9. The number of H-pyrrole nitrogens is 2. The van der Waals surface area contributed by atoms with Crippen molar-refractivity contribution in [3.8, 4) is 39.4 Å². The summed E-state index contributed by atoms with van der Waals surface area (Å²) in [6.45, 7) is 2.74. The number of ether oxygens (including phenoxy) is 3. The van der Waals surface area contributed by atoms with Gasteiger partial charge in [0.1, 0.15) is 36.1 Å². The fourth-order valence-corrected chi connectivity index (χ4v) is 10.2. The van der Waals surface area contributed by atoms with Crippen LogP contribution in [-0.4, -0.2) is 106 Å². The molecule has 6 heterocycles. The van der Waals surface area contributed by atoms with Crippen molar-refractivity contribution in [1.82, 2.24) is 40.0 Å². The van der Waals surface area contributed by atoms with E-state index in [1.807, 2.05) is 65.3 Å². The van der Waals surface area contributed by atoms with Gasteiger partial charge in [0.15, 0.2) is 0 Å². The molecule has 3 saturated heterocycles. The monoisotopic (exact) mass is 862 g/mol. The lowest BCUT2D eigenvalue weighted by Crippen LogP contribution is -2.53. The molecule has 64 heavy (non-hydrogen) atoms. The van der Waals surface area contributed by atoms with E-state index in [1.54, 1.807) is 0 Å². The molecular formula is C50H54N8O6. The number of benzene rings is 4. The molecule has 2 aromatic heterocycles. The standard InChI is InChI=1S/C50H54N8O6/c1-56(2)45(31-9-5-4-6-10-31)49(60)58-22-7-11-40(58)46-51-28-38(52-46)36-16-15-32-25-33(13-14-34(32)26-36)35-17-18-37-42(27-35)64-29-39-44(37)54-47(53-39)41-12-8-21-57(41)48(59)43(55-50(61)62-3)30-19-23-63-24-20-30/h4-6,9-10,13-18,25-28,30,40-41,43,45H,7-8,11-12,19-24,29H2,1-3H3,(H,51,52)(H,53,54)(H,55,61)/t40-,41-,43-,45+/m0/s1. The van der Waals surface area contributed by atoms with Gasteiger partial charge >= 0.3 is 6.09 Å². The van der Waals surface area contributed by atoms with Crippen molar-refractivity contribution in [3.05, 3.63) is 114 Å². The number of imidazole rings is 2. The Hall–Kier alpha value is -6.51. The third-order valence-electron chi connectivity index (χ3n) is 13.5. The first-order valence-corrected chi connectivity index (χ1v) is 22.4. The van der Waals surface area contributed by atoms with Gasteiger partial charge in [0.05, 0.1) is 42.5 Å². The third kappa shape index (κ3) is 7.89. The summed E-state index contributed by atoms with van der Waals surface area (Å²) in [5, 5.41) is 5.05. The molecule has 4 aliphatic heterocycles. The lowest BCUT2D eigenvalue weighted by atomic mass is 9.90. The molecule has 6 aromatic rings. The van der Waals surface area contributed by atoms with Gasteiger partial charge in [0, 0.05) is 37.4 Å². The van der Waals surface area contributed by atoms with Crippen molar-refractivity contribution in [2.45, 2.75) is 69.3 Å². The van der Waals surface area contributed by atoms with Crippen molar-refractivity contribution < 1.29 is 28.6 Å². The summed E-state index contributed by atoms with van der Waals surface area (Å²) >= 11 is 0. The van der Waals surface area contributed by atoms with Crippen molar-refractivity contribution in [2.24, 2.45) is 5.92 Å². The fourth-order valence-electron chi connectivity index (χ4n) is 10.2. The van der Waals surface area contributed by atoms with Gasteiger partial charge in [-0.15, -0.1) is 0 Å². The van der Waals surface area contributed by atoms with Crippen LogP contribution in [0.2, 0.25) is 0 Å².